The molecular weight excluding hydrogens is 178 g/mol. The summed E-state index contributed by atoms with van der Waals surface area (Å²) in [4.78, 5) is 3.68. The Labute approximate surface area is 73.9 Å². The van der Waals surface area contributed by atoms with Crippen LogP contribution in [0.25, 0.3) is 0 Å². The number of alkyl halides is 2. The number of hydrogen-bond donors (Lipinski definition) is 3. The van der Waals surface area contributed by atoms with Crippen molar-refractivity contribution < 1.29 is 8.78 Å². The molecule has 0 aliphatic rings. The fourth-order valence-electron chi connectivity index (χ4n) is 0.991. The predicted octanol–water partition coefficient (Wildman–Crippen LogP) is 0.433. The Hall–Kier alpha value is -1.27. The minimum atomic E-state index is -2.61. The van der Waals surface area contributed by atoms with Crippen LogP contribution in [0.4, 0.5) is 14.6 Å². The molecule has 5 N–H and O–H groups in total. The second kappa shape index (κ2) is 4.11. The van der Waals surface area contributed by atoms with Gasteiger partial charge >= 0.3 is 0 Å². The third-order valence-electron chi connectivity index (χ3n) is 1.64. The summed E-state index contributed by atoms with van der Waals surface area (Å²) in [7, 11) is 0. The largest absolute Gasteiger partial charge is 0.383 e. The highest BCUT2D eigenvalue weighted by Gasteiger charge is 2.22. The second-order valence-corrected chi connectivity index (χ2v) is 2.46. The average molecular weight is 188 g/mol. The highest BCUT2D eigenvalue weighted by Crippen LogP contribution is 2.22. The molecule has 0 radical (unpaired) electrons. The topological polar surface area (TPSA) is 77.0 Å². The van der Waals surface area contributed by atoms with Crippen molar-refractivity contribution in [3.05, 3.63) is 23.9 Å². The summed E-state index contributed by atoms with van der Waals surface area (Å²) >= 11 is 0. The van der Waals surface area contributed by atoms with Crippen LogP contribution in [0.15, 0.2) is 18.3 Å². The van der Waals surface area contributed by atoms with Gasteiger partial charge in [0.2, 0.25) is 0 Å². The molecule has 1 rings (SSSR count). The third kappa shape index (κ3) is 2.10. The van der Waals surface area contributed by atoms with Crippen LogP contribution < -0.4 is 17.0 Å². The minimum Gasteiger partial charge on any atom is -0.383 e. The Bertz CT molecular complexity index is 279. The SMILES string of the molecule is NNC(c1cccnc1N)C(F)F. The number of nitrogen functional groups attached to an aromatic ring is 1. The van der Waals surface area contributed by atoms with E-state index in [2.05, 4.69) is 4.98 Å². The summed E-state index contributed by atoms with van der Waals surface area (Å²) in [6, 6.07) is 1.71. The molecule has 0 aliphatic carbocycles. The van der Waals surface area contributed by atoms with Gasteiger partial charge in [-0.2, -0.15) is 0 Å². The van der Waals surface area contributed by atoms with Gasteiger partial charge in [-0.3, -0.25) is 5.84 Å². The molecule has 0 saturated carbocycles. The van der Waals surface area contributed by atoms with Gasteiger partial charge < -0.3 is 5.73 Å². The molecule has 1 aromatic rings. The molecule has 0 fully saturated rings. The zero-order valence-corrected chi connectivity index (χ0v) is 6.74. The van der Waals surface area contributed by atoms with Crippen LogP contribution in [0.2, 0.25) is 0 Å². The van der Waals surface area contributed by atoms with E-state index in [9.17, 15) is 8.78 Å². The van der Waals surface area contributed by atoms with Crippen molar-refractivity contribution in [1.82, 2.24) is 10.4 Å². The molecular formula is C7H10F2N4. The van der Waals surface area contributed by atoms with Gasteiger partial charge in [-0.1, -0.05) is 6.07 Å². The number of hydrogen-bond acceptors (Lipinski definition) is 4. The molecule has 0 aromatic carbocycles. The average Bonchev–Trinajstić information content (AvgIpc) is 2.09. The van der Waals surface area contributed by atoms with Gasteiger partial charge in [-0.05, 0) is 6.07 Å². The molecule has 0 aliphatic heterocycles. The first-order valence-corrected chi connectivity index (χ1v) is 3.61. The first-order chi connectivity index (χ1) is 6.16. The van der Waals surface area contributed by atoms with Crippen LogP contribution in [0, 0.1) is 0 Å². The molecule has 0 bridgehead atoms. The van der Waals surface area contributed by atoms with Crippen molar-refractivity contribution >= 4 is 5.82 Å². The minimum absolute atomic E-state index is 0.0609. The second-order valence-electron chi connectivity index (χ2n) is 2.46. The van der Waals surface area contributed by atoms with Crippen LogP contribution >= 0.6 is 0 Å². The lowest BCUT2D eigenvalue weighted by molar-refractivity contribution is 0.0988. The maximum Gasteiger partial charge on any atom is 0.259 e. The van der Waals surface area contributed by atoms with Gasteiger partial charge in [0, 0.05) is 11.8 Å². The molecule has 1 heterocycles. The third-order valence-corrected chi connectivity index (χ3v) is 1.64. The van der Waals surface area contributed by atoms with Gasteiger partial charge in [0.25, 0.3) is 6.43 Å². The Morgan fingerprint density at radius 3 is 2.62 bits per heavy atom. The lowest BCUT2D eigenvalue weighted by Gasteiger charge is -2.15. The smallest absolute Gasteiger partial charge is 0.259 e. The van der Waals surface area contributed by atoms with Gasteiger partial charge in [0.05, 0.1) is 0 Å². The zero-order chi connectivity index (χ0) is 9.84. The predicted molar refractivity (Wildman–Crippen MR) is 44.7 cm³/mol. The first-order valence-electron chi connectivity index (χ1n) is 3.61. The highest BCUT2D eigenvalue weighted by molar-refractivity contribution is 5.41. The highest BCUT2D eigenvalue weighted by atomic mass is 19.3. The van der Waals surface area contributed by atoms with Crippen molar-refractivity contribution in [2.75, 3.05) is 5.73 Å². The van der Waals surface area contributed by atoms with Crippen molar-refractivity contribution in [3.63, 3.8) is 0 Å². The zero-order valence-electron chi connectivity index (χ0n) is 6.74. The lowest BCUT2D eigenvalue weighted by atomic mass is 10.1. The molecule has 72 valence electrons. The van der Waals surface area contributed by atoms with E-state index in [1.54, 1.807) is 0 Å². The molecule has 1 aromatic heterocycles. The van der Waals surface area contributed by atoms with Crippen LogP contribution in [0.1, 0.15) is 11.6 Å². The molecule has 0 amide bonds. The molecule has 4 nitrogen and oxygen atoms in total. The number of halogens is 2. The molecule has 13 heavy (non-hydrogen) atoms. The van der Waals surface area contributed by atoms with Crippen LogP contribution in [-0.4, -0.2) is 11.4 Å². The van der Waals surface area contributed by atoms with Crippen molar-refractivity contribution in [1.29, 1.82) is 0 Å². The monoisotopic (exact) mass is 188 g/mol. The van der Waals surface area contributed by atoms with Crippen LogP contribution in [0.5, 0.6) is 0 Å². The summed E-state index contributed by atoms with van der Waals surface area (Å²) in [6.45, 7) is 0. The normalized spacial score (nSPS) is 13.2. The fourth-order valence-corrected chi connectivity index (χ4v) is 0.991. The van der Waals surface area contributed by atoms with Crippen LogP contribution in [-0.2, 0) is 0 Å². The molecule has 0 spiro atoms. The van der Waals surface area contributed by atoms with E-state index in [-0.39, 0.29) is 11.4 Å². The number of pyridine rings is 1. The summed E-state index contributed by atoms with van der Waals surface area (Å²) in [6.07, 6.45) is -1.19. The number of aromatic nitrogens is 1. The van der Waals surface area contributed by atoms with E-state index in [4.69, 9.17) is 11.6 Å². The van der Waals surface area contributed by atoms with E-state index >= 15 is 0 Å². The number of nitrogens with one attached hydrogen (secondary N) is 1. The maximum atomic E-state index is 12.3. The first kappa shape index (κ1) is 9.82. The Balaban J connectivity index is 2.97. The summed E-state index contributed by atoms with van der Waals surface area (Å²) < 4.78 is 24.7. The van der Waals surface area contributed by atoms with E-state index in [0.717, 1.165) is 0 Å². The fraction of sp³-hybridized carbons (Fsp3) is 0.286. The number of nitrogens with zero attached hydrogens (tertiary/aromatic N) is 1. The molecule has 6 heteroatoms. The molecule has 0 saturated heterocycles. The Kier molecular flexibility index (Phi) is 3.10. The number of nitrogens with two attached hydrogens (primary N) is 2. The molecule has 1 unspecified atom stereocenters. The van der Waals surface area contributed by atoms with Gasteiger partial charge in [-0.25, -0.2) is 19.2 Å². The Morgan fingerprint density at radius 1 is 1.46 bits per heavy atom. The maximum absolute atomic E-state index is 12.3. The van der Waals surface area contributed by atoms with Crippen molar-refractivity contribution in [2.45, 2.75) is 12.5 Å². The van der Waals surface area contributed by atoms with Crippen molar-refractivity contribution in [3.8, 4) is 0 Å². The number of anilines is 1. The Morgan fingerprint density at radius 2 is 2.15 bits per heavy atom. The summed E-state index contributed by atoms with van der Waals surface area (Å²) in [5, 5.41) is 0. The molecule has 1 atom stereocenters. The van der Waals surface area contributed by atoms with E-state index in [1.807, 2.05) is 5.43 Å². The van der Waals surface area contributed by atoms with Gasteiger partial charge in [0.1, 0.15) is 11.9 Å². The number of rotatable bonds is 3. The number of hydrazine groups is 1. The van der Waals surface area contributed by atoms with Crippen molar-refractivity contribution in [2.24, 2.45) is 5.84 Å². The summed E-state index contributed by atoms with van der Waals surface area (Å²) in [5.41, 5.74) is 7.59. The van der Waals surface area contributed by atoms with E-state index in [0.29, 0.717) is 0 Å². The van der Waals surface area contributed by atoms with E-state index < -0.39 is 12.5 Å². The standard InChI is InChI=1S/C7H10F2N4/c8-6(9)5(13-11)4-2-1-3-12-7(4)10/h1-3,5-6,13H,11H2,(H2,10,12). The quantitative estimate of drug-likeness (QED) is 0.475. The van der Waals surface area contributed by atoms with Gasteiger partial charge in [0.15, 0.2) is 0 Å². The van der Waals surface area contributed by atoms with Gasteiger partial charge in [-0.15, -0.1) is 0 Å². The summed E-state index contributed by atoms with van der Waals surface area (Å²) in [5.74, 6) is 5.02. The van der Waals surface area contributed by atoms with E-state index in [1.165, 1.54) is 18.3 Å². The van der Waals surface area contributed by atoms with Crippen LogP contribution in [0.3, 0.4) is 0 Å². The lowest BCUT2D eigenvalue weighted by Crippen LogP contribution is -2.33.